The molecule has 2 heterocycles. The normalized spacial score (nSPS) is 11.0. The molecule has 108 valence electrons. The van der Waals surface area contributed by atoms with E-state index in [-0.39, 0.29) is 0 Å². The molecule has 2 aromatic carbocycles. The van der Waals surface area contributed by atoms with Gasteiger partial charge >= 0.3 is 0 Å². The molecule has 0 atom stereocenters. The van der Waals surface area contributed by atoms with Crippen LogP contribution in [0.25, 0.3) is 22.0 Å². The second-order valence-corrected chi connectivity index (χ2v) is 6.89. The maximum atomic E-state index is 4.64. The van der Waals surface area contributed by atoms with Crippen molar-refractivity contribution in [1.82, 2.24) is 15.2 Å². The van der Waals surface area contributed by atoms with Gasteiger partial charge in [0, 0.05) is 10.9 Å². The Morgan fingerprint density at radius 2 is 1.82 bits per heavy atom. The lowest BCUT2D eigenvalue weighted by molar-refractivity contribution is 1.05. The number of aryl methyl sites for hydroxylation is 1. The molecule has 0 saturated carbocycles. The van der Waals surface area contributed by atoms with E-state index in [2.05, 4.69) is 68.3 Å². The maximum absolute atomic E-state index is 4.64. The molecule has 0 aliphatic heterocycles. The van der Waals surface area contributed by atoms with Crippen LogP contribution in [-0.2, 0) is 0 Å². The molecule has 4 nitrogen and oxygen atoms in total. The van der Waals surface area contributed by atoms with Crippen LogP contribution in [0.5, 0.6) is 0 Å². The highest BCUT2D eigenvalue weighted by molar-refractivity contribution is 7.16. The quantitative estimate of drug-likeness (QED) is 0.584. The van der Waals surface area contributed by atoms with E-state index in [9.17, 15) is 0 Å². The summed E-state index contributed by atoms with van der Waals surface area (Å²) in [4.78, 5) is 4.64. The van der Waals surface area contributed by atoms with Crippen molar-refractivity contribution in [2.75, 3.05) is 5.32 Å². The Hall–Kier alpha value is -2.31. The summed E-state index contributed by atoms with van der Waals surface area (Å²) < 4.78 is 0. The predicted molar refractivity (Wildman–Crippen MR) is 93.0 cm³/mol. The molecule has 0 unspecified atom stereocenters. The van der Waals surface area contributed by atoms with Gasteiger partial charge in [-0.25, -0.2) is 4.98 Å². The van der Waals surface area contributed by atoms with Gasteiger partial charge < -0.3 is 5.32 Å². The number of benzene rings is 2. The molecule has 6 heteroatoms. The van der Waals surface area contributed by atoms with Crippen molar-refractivity contribution in [2.45, 2.75) is 6.92 Å². The Morgan fingerprint density at radius 3 is 2.64 bits per heavy atom. The van der Waals surface area contributed by atoms with Crippen molar-refractivity contribution in [3.63, 3.8) is 0 Å². The molecule has 0 aliphatic carbocycles. The molecule has 0 amide bonds. The molecule has 1 N–H and O–H groups in total. The Bertz CT molecular complexity index is 942. The SMILES string of the molecule is Cc1nnc(Nc2nc(-c3ccc4ccccc4c3)cs2)s1. The fourth-order valence-corrected chi connectivity index (χ4v) is 3.63. The monoisotopic (exact) mass is 324 g/mol. The summed E-state index contributed by atoms with van der Waals surface area (Å²) in [6, 6.07) is 14.7. The molecular weight excluding hydrogens is 312 g/mol. The largest absolute Gasteiger partial charge is 0.306 e. The van der Waals surface area contributed by atoms with E-state index in [4.69, 9.17) is 0 Å². The average Bonchev–Trinajstić information content (AvgIpc) is 3.16. The Balaban J connectivity index is 1.64. The summed E-state index contributed by atoms with van der Waals surface area (Å²) in [6.45, 7) is 1.94. The number of nitrogens with one attached hydrogen (secondary N) is 1. The van der Waals surface area contributed by atoms with E-state index in [1.54, 1.807) is 11.3 Å². The topological polar surface area (TPSA) is 50.7 Å². The lowest BCUT2D eigenvalue weighted by atomic mass is 10.1. The smallest absolute Gasteiger partial charge is 0.211 e. The van der Waals surface area contributed by atoms with Crippen molar-refractivity contribution in [3.8, 4) is 11.3 Å². The van der Waals surface area contributed by atoms with E-state index in [1.165, 1.54) is 22.1 Å². The van der Waals surface area contributed by atoms with Gasteiger partial charge in [0.15, 0.2) is 5.13 Å². The van der Waals surface area contributed by atoms with Crippen molar-refractivity contribution in [1.29, 1.82) is 0 Å². The second-order valence-electron chi connectivity index (χ2n) is 4.85. The molecule has 0 fully saturated rings. The minimum Gasteiger partial charge on any atom is -0.306 e. The Labute approximate surface area is 135 Å². The van der Waals surface area contributed by atoms with Gasteiger partial charge in [0.25, 0.3) is 0 Å². The maximum Gasteiger partial charge on any atom is 0.211 e. The van der Waals surface area contributed by atoms with Crippen LogP contribution in [0.3, 0.4) is 0 Å². The molecule has 0 spiro atoms. The van der Waals surface area contributed by atoms with E-state index in [0.717, 1.165) is 26.5 Å². The average molecular weight is 324 g/mol. The first kappa shape index (κ1) is 13.4. The zero-order valence-electron chi connectivity index (χ0n) is 11.8. The van der Waals surface area contributed by atoms with Gasteiger partial charge in [-0.1, -0.05) is 47.7 Å². The van der Waals surface area contributed by atoms with Crippen molar-refractivity contribution < 1.29 is 0 Å². The van der Waals surface area contributed by atoms with E-state index in [0.29, 0.717) is 0 Å². The fourth-order valence-electron chi connectivity index (χ4n) is 2.25. The minimum atomic E-state index is 0.775. The van der Waals surface area contributed by atoms with E-state index in [1.807, 2.05) is 6.92 Å². The summed E-state index contributed by atoms with van der Waals surface area (Å²) in [7, 11) is 0. The van der Waals surface area contributed by atoms with Crippen LogP contribution in [0.1, 0.15) is 5.01 Å². The van der Waals surface area contributed by atoms with Crippen LogP contribution in [0.15, 0.2) is 47.8 Å². The van der Waals surface area contributed by atoms with Crippen LogP contribution in [0.4, 0.5) is 10.3 Å². The van der Waals surface area contributed by atoms with Gasteiger partial charge in [-0.3, -0.25) is 0 Å². The van der Waals surface area contributed by atoms with Crippen molar-refractivity contribution in [2.24, 2.45) is 0 Å². The number of aromatic nitrogens is 3. The second kappa shape index (κ2) is 5.47. The summed E-state index contributed by atoms with van der Waals surface area (Å²) >= 11 is 3.09. The van der Waals surface area contributed by atoms with Crippen LogP contribution in [0, 0.1) is 6.92 Å². The van der Waals surface area contributed by atoms with Crippen LogP contribution >= 0.6 is 22.7 Å². The first-order valence-electron chi connectivity index (χ1n) is 6.80. The molecule has 4 aromatic rings. The lowest BCUT2D eigenvalue weighted by Gasteiger charge is -2.01. The van der Waals surface area contributed by atoms with Gasteiger partial charge in [-0.05, 0) is 23.8 Å². The first-order chi connectivity index (χ1) is 10.8. The summed E-state index contributed by atoms with van der Waals surface area (Å²) in [5.41, 5.74) is 2.09. The van der Waals surface area contributed by atoms with Gasteiger partial charge in [0.2, 0.25) is 5.13 Å². The standard InChI is InChI=1S/C16H12N4S2/c1-10-19-20-16(22-10)18-15-17-14(9-21-15)13-7-6-11-4-2-3-5-12(11)8-13/h2-9H,1H3,(H,17,18,20). The van der Waals surface area contributed by atoms with E-state index < -0.39 is 0 Å². The molecule has 2 aromatic heterocycles. The zero-order chi connectivity index (χ0) is 14.9. The Morgan fingerprint density at radius 1 is 0.955 bits per heavy atom. The van der Waals surface area contributed by atoms with E-state index >= 15 is 0 Å². The molecule has 22 heavy (non-hydrogen) atoms. The molecular formula is C16H12N4S2. The predicted octanol–water partition coefficient (Wildman–Crippen LogP) is 4.87. The molecule has 0 bridgehead atoms. The highest BCUT2D eigenvalue weighted by atomic mass is 32.1. The van der Waals surface area contributed by atoms with Crippen LogP contribution < -0.4 is 5.32 Å². The van der Waals surface area contributed by atoms with Gasteiger partial charge in [0.05, 0.1) is 5.69 Å². The van der Waals surface area contributed by atoms with Crippen LogP contribution in [0.2, 0.25) is 0 Å². The molecule has 0 saturated heterocycles. The number of anilines is 2. The molecule has 0 radical (unpaired) electrons. The third-order valence-corrected chi connectivity index (χ3v) is 4.80. The molecule has 0 aliphatic rings. The summed E-state index contributed by atoms with van der Waals surface area (Å²) in [5, 5.41) is 18.3. The lowest BCUT2D eigenvalue weighted by Crippen LogP contribution is -1.88. The third-order valence-electron chi connectivity index (χ3n) is 3.29. The van der Waals surface area contributed by atoms with Gasteiger partial charge in [-0.15, -0.1) is 21.5 Å². The number of fused-ring (bicyclic) bond motifs is 1. The number of thiazole rings is 1. The van der Waals surface area contributed by atoms with Gasteiger partial charge in [0.1, 0.15) is 5.01 Å². The van der Waals surface area contributed by atoms with Crippen molar-refractivity contribution in [3.05, 3.63) is 52.9 Å². The third kappa shape index (κ3) is 2.58. The first-order valence-corrected chi connectivity index (χ1v) is 8.49. The van der Waals surface area contributed by atoms with Crippen molar-refractivity contribution >= 4 is 43.7 Å². The zero-order valence-corrected chi connectivity index (χ0v) is 13.4. The summed E-state index contributed by atoms with van der Waals surface area (Å²) in [5.74, 6) is 0. The number of hydrogen-bond donors (Lipinski definition) is 1. The Kier molecular flexibility index (Phi) is 3.32. The number of nitrogens with zero attached hydrogens (tertiary/aromatic N) is 3. The fraction of sp³-hybridized carbons (Fsp3) is 0.0625. The molecule has 4 rings (SSSR count). The highest BCUT2D eigenvalue weighted by Gasteiger charge is 2.07. The number of rotatable bonds is 3. The summed E-state index contributed by atoms with van der Waals surface area (Å²) in [6.07, 6.45) is 0. The highest BCUT2D eigenvalue weighted by Crippen LogP contribution is 2.29. The number of hydrogen-bond acceptors (Lipinski definition) is 6. The van der Waals surface area contributed by atoms with Gasteiger partial charge in [-0.2, -0.15) is 0 Å². The van der Waals surface area contributed by atoms with Crippen LogP contribution in [-0.4, -0.2) is 15.2 Å². The minimum absolute atomic E-state index is 0.775.